The highest BCUT2D eigenvalue weighted by Gasteiger charge is 2.15. The summed E-state index contributed by atoms with van der Waals surface area (Å²) in [6.45, 7) is 0. The lowest BCUT2D eigenvalue weighted by atomic mass is 10.1. The lowest BCUT2D eigenvalue weighted by Gasteiger charge is -2.05. The zero-order valence-corrected chi connectivity index (χ0v) is 12.4. The fourth-order valence-corrected chi connectivity index (χ4v) is 2.71. The monoisotopic (exact) mass is 322 g/mol. The standard InChI is InChI=1S/C18H12F2N4/c19-13-2-1-3-14(20)17(13)15-4-5-16-18(24-15)12(9-23-16)10-6-11(21)8-22-7-10/h1-9,23H,21H2. The van der Waals surface area contributed by atoms with Gasteiger partial charge < -0.3 is 10.7 Å². The Morgan fingerprint density at radius 3 is 2.54 bits per heavy atom. The molecule has 0 unspecified atom stereocenters. The number of nitrogens with two attached hydrogens (primary N) is 1. The molecule has 4 nitrogen and oxygen atoms in total. The van der Waals surface area contributed by atoms with Crippen molar-refractivity contribution in [1.82, 2.24) is 15.0 Å². The average molecular weight is 322 g/mol. The number of hydrogen-bond acceptors (Lipinski definition) is 3. The molecule has 0 fully saturated rings. The largest absolute Gasteiger partial charge is 0.397 e. The minimum atomic E-state index is -0.649. The molecule has 6 heteroatoms. The molecule has 3 N–H and O–H groups in total. The Morgan fingerprint density at radius 2 is 1.79 bits per heavy atom. The van der Waals surface area contributed by atoms with Gasteiger partial charge in [-0.15, -0.1) is 0 Å². The summed E-state index contributed by atoms with van der Waals surface area (Å²) in [5, 5.41) is 0. The van der Waals surface area contributed by atoms with Crippen LogP contribution in [0.15, 0.2) is 55.0 Å². The summed E-state index contributed by atoms with van der Waals surface area (Å²) in [4.78, 5) is 11.6. The molecule has 0 aliphatic rings. The molecule has 24 heavy (non-hydrogen) atoms. The van der Waals surface area contributed by atoms with Crippen LogP contribution in [-0.2, 0) is 0 Å². The molecule has 0 amide bonds. The van der Waals surface area contributed by atoms with Crippen molar-refractivity contribution >= 4 is 16.7 Å². The molecule has 0 saturated heterocycles. The van der Waals surface area contributed by atoms with Crippen LogP contribution < -0.4 is 5.73 Å². The maximum atomic E-state index is 14.0. The van der Waals surface area contributed by atoms with Gasteiger partial charge in [-0.05, 0) is 30.3 Å². The van der Waals surface area contributed by atoms with Gasteiger partial charge in [0.05, 0.1) is 28.0 Å². The summed E-state index contributed by atoms with van der Waals surface area (Å²) in [5.41, 5.74) is 9.30. The second-order valence-corrected chi connectivity index (χ2v) is 5.40. The summed E-state index contributed by atoms with van der Waals surface area (Å²) >= 11 is 0. The van der Waals surface area contributed by atoms with Gasteiger partial charge in [-0.2, -0.15) is 0 Å². The minimum Gasteiger partial charge on any atom is -0.397 e. The van der Waals surface area contributed by atoms with Crippen molar-refractivity contribution < 1.29 is 8.78 Å². The molecule has 0 atom stereocenters. The third kappa shape index (κ3) is 2.28. The van der Waals surface area contributed by atoms with E-state index in [9.17, 15) is 8.78 Å². The minimum absolute atomic E-state index is 0.141. The van der Waals surface area contributed by atoms with Crippen LogP contribution in [0.25, 0.3) is 33.4 Å². The molecule has 3 aromatic heterocycles. The Hall–Kier alpha value is -3.28. The Labute approximate surface area is 136 Å². The van der Waals surface area contributed by atoms with Gasteiger partial charge >= 0.3 is 0 Å². The van der Waals surface area contributed by atoms with E-state index >= 15 is 0 Å². The number of nitrogens with one attached hydrogen (secondary N) is 1. The van der Waals surface area contributed by atoms with Gasteiger partial charge in [0.2, 0.25) is 0 Å². The van der Waals surface area contributed by atoms with Gasteiger partial charge in [-0.3, -0.25) is 4.98 Å². The fraction of sp³-hybridized carbons (Fsp3) is 0. The number of nitrogen functional groups attached to an aromatic ring is 1. The maximum Gasteiger partial charge on any atom is 0.135 e. The van der Waals surface area contributed by atoms with E-state index in [4.69, 9.17) is 5.73 Å². The Balaban J connectivity index is 1.94. The zero-order chi connectivity index (χ0) is 16.7. The van der Waals surface area contributed by atoms with E-state index in [2.05, 4.69) is 15.0 Å². The topological polar surface area (TPSA) is 67.6 Å². The van der Waals surface area contributed by atoms with Gasteiger partial charge in [0.15, 0.2) is 0 Å². The van der Waals surface area contributed by atoms with Crippen molar-refractivity contribution in [2.24, 2.45) is 0 Å². The highest BCUT2D eigenvalue weighted by molar-refractivity contribution is 5.94. The first-order valence-corrected chi connectivity index (χ1v) is 7.27. The Kier molecular flexibility index (Phi) is 3.23. The first kappa shape index (κ1) is 14.3. The highest BCUT2D eigenvalue weighted by Crippen LogP contribution is 2.31. The summed E-state index contributed by atoms with van der Waals surface area (Å²) in [6, 6.07) is 8.85. The molecule has 0 saturated carbocycles. The predicted molar refractivity (Wildman–Crippen MR) is 89.1 cm³/mol. The fourth-order valence-electron chi connectivity index (χ4n) is 2.71. The van der Waals surface area contributed by atoms with E-state index in [0.717, 1.165) is 16.6 Å². The average Bonchev–Trinajstić information content (AvgIpc) is 2.98. The molecular formula is C18H12F2N4. The van der Waals surface area contributed by atoms with Crippen LogP contribution in [0.3, 0.4) is 0 Å². The van der Waals surface area contributed by atoms with Gasteiger partial charge in [0, 0.05) is 29.7 Å². The van der Waals surface area contributed by atoms with Crippen molar-refractivity contribution in [2.45, 2.75) is 0 Å². The molecule has 1 aromatic carbocycles. The number of aromatic nitrogens is 3. The predicted octanol–water partition coefficient (Wildman–Crippen LogP) is 4.15. The van der Waals surface area contributed by atoms with E-state index in [0.29, 0.717) is 11.2 Å². The number of hydrogen-bond donors (Lipinski definition) is 2. The van der Waals surface area contributed by atoms with Crippen molar-refractivity contribution in [1.29, 1.82) is 0 Å². The number of rotatable bonds is 2. The summed E-state index contributed by atoms with van der Waals surface area (Å²) in [5.74, 6) is -1.30. The summed E-state index contributed by atoms with van der Waals surface area (Å²) in [6.07, 6.45) is 4.98. The van der Waals surface area contributed by atoms with E-state index in [-0.39, 0.29) is 11.3 Å². The number of nitrogens with zero attached hydrogens (tertiary/aromatic N) is 2. The van der Waals surface area contributed by atoms with E-state index < -0.39 is 11.6 Å². The summed E-state index contributed by atoms with van der Waals surface area (Å²) in [7, 11) is 0. The van der Waals surface area contributed by atoms with E-state index in [1.165, 1.54) is 18.2 Å². The van der Waals surface area contributed by atoms with Gasteiger partial charge in [-0.1, -0.05) is 6.07 Å². The first-order valence-electron chi connectivity index (χ1n) is 7.27. The van der Waals surface area contributed by atoms with E-state index in [1.807, 2.05) is 0 Å². The molecule has 3 heterocycles. The SMILES string of the molecule is Nc1cncc(-c2c[nH]c3ccc(-c4c(F)cccc4F)nc23)c1. The Bertz CT molecular complexity index is 1040. The van der Waals surface area contributed by atoms with Crippen LogP contribution in [-0.4, -0.2) is 15.0 Å². The van der Waals surface area contributed by atoms with Gasteiger partial charge in [0.1, 0.15) is 11.6 Å². The molecule has 0 spiro atoms. The van der Waals surface area contributed by atoms with Crippen LogP contribution in [0.4, 0.5) is 14.5 Å². The zero-order valence-electron chi connectivity index (χ0n) is 12.4. The molecular weight excluding hydrogens is 310 g/mol. The number of pyridine rings is 2. The number of H-pyrrole nitrogens is 1. The summed E-state index contributed by atoms with van der Waals surface area (Å²) < 4.78 is 28.0. The van der Waals surface area contributed by atoms with Crippen LogP contribution in [0.5, 0.6) is 0 Å². The second kappa shape index (κ2) is 5.42. The molecule has 0 radical (unpaired) electrons. The van der Waals surface area contributed by atoms with Crippen LogP contribution in [0.1, 0.15) is 0 Å². The van der Waals surface area contributed by atoms with Gasteiger partial charge in [-0.25, -0.2) is 13.8 Å². The Morgan fingerprint density at radius 1 is 1.00 bits per heavy atom. The van der Waals surface area contributed by atoms with Crippen LogP contribution >= 0.6 is 0 Å². The number of benzene rings is 1. The van der Waals surface area contributed by atoms with E-state index in [1.54, 1.807) is 36.8 Å². The highest BCUT2D eigenvalue weighted by atomic mass is 19.1. The molecule has 118 valence electrons. The normalized spacial score (nSPS) is 11.1. The number of anilines is 1. The first-order chi connectivity index (χ1) is 11.6. The lowest BCUT2D eigenvalue weighted by Crippen LogP contribution is -1.93. The van der Waals surface area contributed by atoms with Crippen LogP contribution in [0.2, 0.25) is 0 Å². The van der Waals surface area contributed by atoms with Crippen molar-refractivity contribution in [3.05, 3.63) is 66.6 Å². The third-order valence-corrected chi connectivity index (χ3v) is 3.81. The molecule has 4 aromatic rings. The quantitative estimate of drug-likeness (QED) is 0.582. The van der Waals surface area contributed by atoms with Gasteiger partial charge in [0.25, 0.3) is 0 Å². The number of halogens is 2. The molecule has 0 bridgehead atoms. The number of fused-ring (bicyclic) bond motifs is 1. The maximum absolute atomic E-state index is 14.0. The van der Waals surface area contributed by atoms with Crippen molar-refractivity contribution in [3.8, 4) is 22.4 Å². The molecule has 0 aliphatic heterocycles. The molecule has 4 rings (SSSR count). The smallest absolute Gasteiger partial charge is 0.135 e. The second-order valence-electron chi connectivity index (χ2n) is 5.40. The third-order valence-electron chi connectivity index (χ3n) is 3.81. The van der Waals surface area contributed by atoms with Crippen LogP contribution in [0, 0.1) is 11.6 Å². The molecule has 0 aliphatic carbocycles. The van der Waals surface area contributed by atoms with Crippen molar-refractivity contribution in [3.63, 3.8) is 0 Å². The lowest BCUT2D eigenvalue weighted by molar-refractivity contribution is 0.589. The van der Waals surface area contributed by atoms with Crippen molar-refractivity contribution in [2.75, 3.05) is 5.73 Å². The number of aromatic amines is 1.